The molecule has 0 radical (unpaired) electrons. The molecule has 1 aromatic rings. The maximum atomic E-state index is 5.29. The first kappa shape index (κ1) is 20.5. The fraction of sp³-hybridized carbons (Fsp3) is 0.533. The molecule has 0 saturated heterocycles. The van der Waals surface area contributed by atoms with Crippen LogP contribution in [-0.4, -0.2) is 45.1 Å². The molecule has 0 heterocycles. The minimum absolute atomic E-state index is 0. The van der Waals surface area contributed by atoms with E-state index in [0.29, 0.717) is 0 Å². The molecule has 6 heteroatoms. The van der Waals surface area contributed by atoms with E-state index in [-0.39, 0.29) is 24.0 Å². The Morgan fingerprint density at radius 1 is 1.19 bits per heavy atom. The molecule has 0 aromatic heterocycles. The van der Waals surface area contributed by atoms with E-state index in [9.17, 15) is 0 Å². The summed E-state index contributed by atoms with van der Waals surface area (Å²) in [6.07, 6.45) is 0.993. The van der Waals surface area contributed by atoms with Crippen LogP contribution in [0.2, 0.25) is 0 Å². The van der Waals surface area contributed by atoms with Gasteiger partial charge >= 0.3 is 0 Å². The van der Waals surface area contributed by atoms with Crippen LogP contribution in [0.5, 0.6) is 0 Å². The standard InChI is InChI=1S/C15H25N3OS.HI/c1-3-19-12-7-10-17-15(16-2)18-11-13-20-14-8-5-4-6-9-14;/h4-6,8-9H,3,7,10-13H2,1-2H3,(H2,16,17,18);1H. The molecule has 0 spiro atoms. The highest BCUT2D eigenvalue weighted by Crippen LogP contribution is 2.15. The van der Waals surface area contributed by atoms with Crippen LogP contribution in [0, 0.1) is 0 Å². The summed E-state index contributed by atoms with van der Waals surface area (Å²) in [5.74, 6) is 1.87. The molecule has 0 saturated carbocycles. The molecule has 0 aliphatic heterocycles. The third-order valence-electron chi connectivity index (χ3n) is 2.59. The maximum Gasteiger partial charge on any atom is 0.191 e. The molecule has 0 aliphatic rings. The lowest BCUT2D eigenvalue weighted by atomic mass is 10.4. The predicted octanol–water partition coefficient (Wildman–Crippen LogP) is 2.99. The van der Waals surface area contributed by atoms with E-state index >= 15 is 0 Å². The Bertz CT molecular complexity index is 376. The van der Waals surface area contributed by atoms with Crippen LogP contribution in [-0.2, 0) is 4.74 Å². The van der Waals surface area contributed by atoms with Crippen molar-refractivity contribution < 1.29 is 4.74 Å². The van der Waals surface area contributed by atoms with Crippen molar-refractivity contribution in [2.75, 3.05) is 39.1 Å². The lowest BCUT2D eigenvalue weighted by molar-refractivity contribution is 0.145. The van der Waals surface area contributed by atoms with Crippen LogP contribution in [0.3, 0.4) is 0 Å². The number of rotatable bonds is 9. The van der Waals surface area contributed by atoms with E-state index in [1.165, 1.54) is 4.90 Å². The van der Waals surface area contributed by atoms with Crippen molar-refractivity contribution in [3.63, 3.8) is 0 Å². The molecule has 120 valence electrons. The van der Waals surface area contributed by atoms with Gasteiger partial charge in [-0.15, -0.1) is 35.7 Å². The third kappa shape index (κ3) is 10.8. The maximum absolute atomic E-state index is 5.29. The molecule has 0 amide bonds. The van der Waals surface area contributed by atoms with Gasteiger partial charge in [0.2, 0.25) is 0 Å². The first-order chi connectivity index (χ1) is 9.86. The molecule has 1 rings (SSSR count). The van der Waals surface area contributed by atoms with Gasteiger partial charge in [0.05, 0.1) is 0 Å². The van der Waals surface area contributed by atoms with Crippen molar-refractivity contribution in [2.24, 2.45) is 4.99 Å². The molecule has 4 nitrogen and oxygen atoms in total. The van der Waals surface area contributed by atoms with E-state index in [1.807, 2.05) is 24.8 Å². The lowest BCUT2D eigenvalue weighted by Gasteiger charge is -2.11. The zero-order chi connectivity index (χ0) is 14.5. The van der Waals surface area contributed by atoms with Gasteiger partial charge in [-0.1, -0.05) is 18.2 Å². The highest BCUT2D eigenvalue weighted by molar-refractivity contribution is 14.0. The van der Waals surface area contributed by atoms with Crippen LogP contribution in [0.1, 0.15) is 13.3 Å². The number of nitrogens with one attached hydrogen (secondary N) is 2. The fourth-order valence-electron chi connectivity index (χ4n) is 1.60. The number of hydrogen-bond donors (Lipinski definition) is 2. The minimum Gasteiger partial charge on any atom is -0.382 e. The third-order valence-corrected chi connectivity index (χ3v) is 3.61. The summed E-state index contributed by atoms with van der Waals surface area (Å²) in [5.41, 5.74) is 0. The quantitative estimate of drug-likeness (QED) is 0.211. The van der Waals surface area contributed by atoms with Gasteiger partial charge in [-0.05, 0) is 25.5 Å². The number of ether oxygens (including phenoxy) is 1. The van der Waals surface area contributed by atoms with Gasteiger partial charge in [-0.25, -0.2) is 0 Å². The Labute approximate surface area is 149 Å². The first-order valence-electron chi connectivity index (χ1n) is 7.07. The number of hydrogen-bond acceptors (Lipinski definition) is 3. The lowest BCUT2D eigenvalue weighted by Crippen LogP contribution is -2.39. The molecule has 0 fully saturated rings. The highest BCUT2D eigenvalue weighted by atomic mass is 127. The summed E-state index contributed by atoms with van der Waals surface area (Å²) in [7, 11) is 1.79. The number of thioether (sulfide) groups is 1. The summed E-state index contributed by atoms with van der Waals surface area (Å²) in [4.78, 5) is 5.49. The van der Waals surface area contributed by atoms with Crippen molar-refractivity contribution in [1.82, 2.24) is 10.6 Å². The summed E-state index contributed by atoms with van der Waals surface area (Å²) in [6.45, 7) is 5.36. The topological polar surface area (TPSA) is 45.6 Å². The average Bonchev–Trinajstić information content (AvgIpc) is 2.50. The van der Waals surface area contributed by atoms with Gasteiger partial charge in [-0.3, -0.25) is 4.99 Å². The predicted molar refractivity (Wildman–Crippen MR) is 103 cm³/mol. The summed E-state index contributed by atoms with van der Waals surface area (Å²) in [5, 5.41) is 6.58. The van der Waals surface area contributed by atoms with E-state index in [2.05, 4.69) is 39.9 Å². The van der Waals surface area contributed by atoms with Crippen molar-refractivity contribution >= 4 is 41.7 Å². The van der Waals surface area contributed by atoms with Crippen molar-refractivity contribution in [3.8, 4) is 0 Å². The van der Waals surface area contributed by atoms with E-state index in [4.69, 9.17) is 4.74 Å². The van der Waals surface area contributed by atoms with Crippen LogP contribution in [0.4, 0.5) is 0 Å². The van der Waals surface area contributed by atoms with Crippen LogP contribution in [0.15, 0.2) is 40.2 Å². The summed E-state index contributed by atoms with van der Waals surface area (Å²) >= 11 is 1.84. The van der Waals surface area contributed by atoms with Gasteiger partial charge in [-0.2, -0.15) is 0 Å². The molecule has 21 heavy (non-hydrogen) atoms. The second-order valence-electron chi connectivity index (χ2n) is 4.14. The molecule has 0 aliphatic carbocycles. The number of halogens is 1. The monoisotopic (exact) mass is 423 g/mol. The van der Waals surface area contributed by atoms with Crippen LogP contribution < -0.4 is 10.6 Å². The van der Waals surface area contributed by atoms with Gasteiger partial charge < -0.3 is 15.4 Å². The molecule has 0 unspecified atom stereocenters. The van der Waals surface area contributed by atoms with Crippen molar-refractivity contribution in [3.05, 3.63) is 30.3 Å². The number of nitrogens with zero attached hydrogens (tertiary/aromatic N) is 1. The molecule has 1 aromatic carbocycles. The SMILES string of the molecule is CCOCCCNC(=NC)NCCSc1ccccc1.I. The van der Waals surface area contributed by atoms with Gasteiger partial charge in [0.15, 0.2) is 5.96 Å². The second-order valence-corrected chi connectivity index (χ2v) is 5.31. The fourth-order valence-corrected chi connectivity index (χ4v) is 2.39. The van der Waals surface area contributed by atoms with Crippen molar-refractivity contribution in [2.45, 2.75) is 18.2 Å². The largest absolute Gasteiger partial charge is 0.382 e. The number of guanidine groups is 1. The molecular formula is C15H26IN3OS. The number of benzene rings is 1. The summed E-state index contributed by atoms with van der Waals surface area (Å²) < 4.78 is 5.29. The smallest absolute Gasteiger partial charge is 0.191 e. The first-order valence-corrected chi connectivity index (χ1v) is 8.05. The normalized spacial score (nSPS) is 10.9. The Kier molecular flexibility index (Phi) is 14.1. The molecule has 0 atom stereocenters. The zero-order valence-corrected chi connectivity index (χ0v) is 15.9. The highest BCUT2D eigenvalue weighted by Gasteiger charge is 1.97. The number of aliphatic imine (C=N–C) groups is 1. The van der Waals surface area contributed by atoms with Gasteiger partial charge in [0.25, 0.3) is 0 Å². The Balaban J connectivity index is 0.00000400. The van der Waals surface area contributed by atoms with Crippen molar-refractivity contribution in [1.29, 1.82) is 0 Å². The Hall–Kier alpha value is -0.470. The minimum atomic E-state index is 0. The second kappa shape index (κ2) is 14.5. The molecule has 2 N–H and O–H groups in total. The Morgan fingerprint density at radius 3 is 2.57 bits per heavy atom. The zero-order valence-electron chi connectivity index (χ0n) is 12.8. The van der Waals surface area contributed by atoms with Gasteiger partial charge in [0, 0.05) is 44.0 Å². The van der Waals surface area contributed by atoms with E-state index in [0.717, 1.165) is 44.4 Å². The molecular weight excluding hydrogens is 397 g/mol. The van der Waals surface area contributed by atoms with Crippen LogP contribution in [0.25, 0.3) is 0 Å². The summed E-state index contributed by atoms with van der Waals surface area (Å²) in [6, 6.07) is 10.4. The van der Waals surface area contributed by atoms with E-state index in [1.54, 1.807) is 7.05 Å². The Morgan fingerprint density at radius 2 is 1.90 bits per heavy atom. The average molecular weight is 423 g/mol. The van der Waals surface area contributed by atoms with Gasteiger partial charge in [0.1, 0.15) is 0 Å². The van der Waals surface area contributed by atoms with Crippen LogP contribution >= 0.6 is 35.7 Å². The molecule has 0 bridgehead atoms. The van der Waals surface area contributed by atoms with E-state index < -0.39 is 0 Å².